The van der Waals surface area contributed by atoms with Gasteiger partial charge in [-0.15, -0.1) is 0 Å². The molecule has 0 atom stereocenters. The molecule has 1 aromatic carbocycles. The van der Waals surface area contributed by atoms with Gasteiger partial charge in [0.15, 0.2) is 0 Å². The molecule has 1 aromatic rings. The zero-order valence-corrected chi connectivity index (χ0v) is 6.14. The van der Waals surface area contributed by atoms with Crippen LogP contribution < -0.4 is 5.73 Å². The molecule has 0 saturated heterocycles. The van der Waals surface area contributed by atoms with Gasteiger partial charge in [-0.1, -0.05) is 12.1 Å². The van der Waals surface area contributed by atoms with Crippen molar-refractivity contribution < 1.29 is 10.2 Å². The van der Waals surface area contributed by atoms with Crippen molar-refractivity contribution in [2.75, 3.05) is 5.73 Å². The van der Waals surface area contributed by atoms with E-state index in [4.69, 9.17) is 5.73 Å². The van der Waals surface area contributed by atoms with Crippen LogP contribution in [-0.4, -0.2) is 0 Å². The van der Waals surface area contributed by atoms with Crippen LogP contribution in [0.1, 0.15) is 13.9 Å². The van der Waals surface area contributed by atoms with Crippen molar-refractivity contribution in [3.63, 3.8) is 0 Å². The molecule has 0 spiro atoms. The molecule has 0 radical (unpaired) electrons. The second kappa shape index (κ2) is 2.49. The molecule has 0 unspecified atom stereocenters. The van der Waals surface area contributed by atoms with Gasteiger partial charge in [0, 0.05) is 19.6 Å². The summed E-state index contributed by atoms with van der Waals surface area (Å²) in [4.78, 5) is 0. The molecule has 3 heteroatoms. The predicted molar refractivity (Wildman–Crippen MR) is 42.5 cm³/mol. The number of alkyl halides is 2. The van der Waals surface area contributed by atoms with Crippen molar-refractivity contribution in [2.45, 2.75) is 12.8 Å². The predicted octanol–water partition coefficient (Wildman–Crippen LogP) is 2.63. The number of hydrogen-bond acceptors (Lipinski definition) is 1. The molecular weight excluding hydrogens is 148 g/mol. The van der Waals surface area contributed by atoms with E-state index in [0.29, 0.717) is 5.69 Å². The number of rotatable bonds is 1. The van der Waals surface area contributed by atoms with Crippen LogP contribution in [0.15, 0.2) is 24.3 Å². The Kier molecular flexibility index (Phi) is 1.81. The van der Waals surface area contributed by atoms with Crippen molar-refractivity contribution in [3.8, 4) is 0 Å². The normalized spacial score (nSPS) is 11.5. The Morgan fingerprint density at radius 2 is 1.73 bits per heavy atom. The van der Waals surface area contributed by atoms with Crippen LogP contribution in [0, 0.1) is 0 Å². The molecule has 0 aliphatic carbocycles. The average Bonchev–Trinajstić information content (AvgIpc) is 1.86. The summed E-state index contributed by atoms with van der Waals surface area (Å²) in [6.07, 6.45) is 0. The Labute approximate surface area is 65.3 Å². The summed E-state index contributed by atoms with van der Waals surface area (Å²) in [5.74, 6) is -2.77. The van der Waals surface area contributed by atoms with Gasteiger partial charge in [-0.2, -0.15) is 0 Å². The number of anilines is 1. The molecule has 0 amide bonds. The molecule has 1 rings (SSSR count). The Bertz CT molecular complexity index is 240. The van der Waals surface area contributed by atoms with Gasteiger partial charge in [0.2, 0.25) is 0 Å². The van der Waals surface area contributed by atoms with Crippen LogP contribution in [0.3, 0.4) is 0 Å². The van der Waals surface area contributed by atoms with E-state index in [1.54, 1.807) is 0 Å². The molecule has 0 fully saturated rings. The quantitative estimate of drug-likeness (QED) is 0.626. The monoisotopic (exact) mass is 159 g/mol. The lowest BCUT2D eigenvalue weighted by Crippen LogP contribution is -2.06. The molecule has 0 aromatic heterocycles. The van der Waals surface area contributed by atoms with E-state index in [1.807, 2.05) is 0 Å². The summed E-state index contributed by atoms with van der Waals surface area (Å²) < 4.78 is 25.1. The topological polar surface area (TPSA) is 26.0 Å². The van der Waals surface area contributed by atoms with Gasteiger partial charge in [-0.3, -0.25) is 0 Å². The minimum Gasteiger partial charge on any atom is -0.399 e. The SMILES string of the molecule is CC(F)(F)c1ccc(N)cc1.[HH]. The molecule has 62 valence electrons. The zero-order chi connectivity index (χ0) is 8.48. The Morgan fingerprint density at radius 1 is 1.27 bits per heavy atom. The van der Waals surface area contributed by atoms with Crippen molar-refractivity contribution in [3.05, 3.63) is 29.8 Å². The van der Waals surface area contributed by atoms with E-state index in [-0.39, 0.29) is 6.99 Å². The Hall–Kier alpha value is -1.12. The van der Waals surface area contributed by atoms with Gasteiger partial charge in [-0.05, 0) is 12.1 Å². The number of benzene rings is 1. The first kappa shape index (κ1) is 7.98. The van der Waals surface area contributed by atoms with Crippen molar-refractivity contribution in [1.82, 2.24) is 0 Å². The largest absolute Gasteiger partial charge is 0.399 e. The fraction of sp³-hybridized carbons (Fsp3) is 0.250. The summed E-state index contributed by atoms with van der Waals surface area (Å²) in [5.41, 5.74) is 5.82. The Morgan fingerprint density at radius 3 is 2.09 bits per heavy atom. The summed E-state index contributed by atoms with van der Waals surface area (Å²) in [5, 5.41) is 0. The fourth-order valence-corrected chi connectivity index (χ4v) is 0.776. The van der Waals surface area contributed by atoms with Gasteiger partial charge in [-0.25, -0.2) is 8.78 Å². The fourth-order valence-electron chi connectivity index (χ4n) is 0.776. The van der Waals surface area contributed by atoms with Crippen molar-refractivity contribution >= 4 is 5.69 Å². The summed E-state index contributed by atoms with van der Waals surface area (Å²) >= 11 is 0. The van der Waals surface area contributed by atoms with E-state index in [2.05, 4.69) is 0 Å². The number of hydrogen-bond donors (Lipinski definition) is 1. The minimum absolute atomic E-state index is 0. The molecule has 0 aliphatic heterocycles. The molecule has 2 N–H and O–H groups in total. The highest BCUT2D eigenvalue weighted by atomic mass is 19.3. The van der Waals surface area contributed by atoms with Crippen LogP contribution in [0.5, 0.6) is 0 Å². The molecule has 0 heterocycles. The smallest absolute Gasteiger partial charge is 0.270 e. The molecule has 0 bridgehead atoms. The molecule has 0 aliphatic rings. The minimum atomic E-state index is -2.77. The van der Waals surface area contributed by atoms with E-state index >= 15 is 0 Å². The lowest BCUT2D eigenvalue weighted by atomic mass is 10.1. The first-order valence-electron chi connectivity index (χ1n) is 3.24. The lowest BCUT2D eigenvalue weighted by Gasteiger charge is -2.09. The van der Waals surface area contributed by atoms with E-state index < -0.39 is 5.92 Å². The first-order chi connectivity index (χ1) is 5.00. The second-order valence-electron chi connectivity index (χ2n) is 2.51. The molecule has 1 nitrogen and oxygen atoms in total. The third-order valence-corrected chi connectivity index (χ3v) is 1.42. The Balaban J connectivity index is 0.00000121. The third-order valence-electron chi connectivity index (χ3n) is 1.42. The lowest BCUT2D eigenvalue weighted by molar-refractivity contribution is 0.0175. The average molecular weight is 159 g/mol. The van der Waals surface area contributed by atoms with Crippen molar-refractivity contribution in [2.24, 2.45) is 0 Å². The number of nitrogens with two attached hydrogens (primary N) is 1. The molecular formula is C8H11F2N. The second-order valence-corrected chi connectivity index (χ2v) is 2.51. The van der Waals surface area contributed by atoms with E-state index in [1.165, 1.54) is 24.3 Å². The van der Waals surface area contributed by atoms with Crippen LogP contribution in [-0.2, 0) is 5.92 Å². The van der Waals surface area contributed by atoms with Crippen molar-refractivity contribution in [1.29, 1.82) is 0 Å². The number of nitrogen functional groups attached to an aromatic ring is 1. The highest BCUT2D eigenvalue weighted by Gasteiger charge is 2.23. The molecule has 0 saturated carbocycles. The van der Waals surface area contributed by atoms with Gasteiger partial charge in [0.05, 0.1) is 0 Å². The van der Waals surface area contributed by atoms with Gasteiger partial charge in [0.1, 0.15) is 0 Å². The van der Waals surface area contributed by atoms with E-state index in [9.17, 15) is 8.78 Å². The van der Waals surface area contributed by atoms with E-state index in [0.717, 1.165) is 6.92 Å². The first-order valence-corrected chi connectivity index (χ1v) is 3.24. The zero-order valence-electron chi connectivity index (χ0n) is 6.14. The van der Waals surface area contributed by atoms with Gasteiger partial charge < -0.3 is 5.73 Å². The number of halogens is 2. The van der Waals surface area contributed by atoms with Crippen LogP contribution in [0.4, 0.5) is 14.5 Å². The maximum Gasteiger partial charge on any atom is 0.270 e. The summed E-state index contributed by atoms with van der Waals surface area (Å²) in [7, 11) is 0. The maximum atomic E-state index is 12.5. The molecule has 11 heavy (non-hydrogen) atoms. The summed E-state index contributed by atoms with van der Waals surface area (Å²) in [6.45, 7) is 0.860. The van der Waals surface area contributed by atoms with Crippen LogP contribution >= 0.6 is 0 Å². The third kappa shape index (κ3) is 1.90. The highest BCUT2D eigenvalue weighted by Crippen LogP contribution is 2.26. The summed E-state index contributed by atoms with van der Waals surface area (Å²) in [6, 6.07) is 5.59. The van der Waals surface area contributed by atoms with Gasteiger partial charge >= 0.3 is 0 Å². The van der Waals surface area contributed by atoms with Gasteiger partial charge in [0.25, 0.3) is 5.92 Å². The van der Waals surface area contributed by atoms with Crippen LogP contribution in [0.25, 0.3) is 0 Å². The standard InChI is InChI=1S/C8H9F2N.H2/c1-8(9,10)6-2-4-7(11)5-3-6;/h2-5H,11H2,1H3;1H. The van der Waals surface area contributed by atoms with Crippen LogP contribution in [0.2, 0.25) is 0 Å². The highest BCUT2D eigenvalue weighted by molar-refractivity contribution is 5.40. The maximum absolute atomic E-state index is 12.5.